The lowest BCUT2D eigenvalue weighted by Gasteiger charge is -2.31. The van der Waals surface area contributed by atoms with Gasteiger partial charge in [-0.25, -0.2) is 10.2 Å². The minimum absolute atomic E-state index is 0.00902. The molecule has 2 N–H and O–H groups in total. The van der Waals surface area contributed by atoms with Gasteiger partial charge < -0.3 is 10.0 Å². The van der Waals surface area contributed by atoms with Crippen molar-refractivity contribution in [2.75, 3.05) is 13.1 Å². The van der Waals surface area contributed by atoms with E-state index in [1.165, 1.54) is 12.3 Å². The molecule has 0 saturated carbocycles. The molecular formula is C22H23N3O4. The molecule has 0 radical (unpaired) electrons. The normalized spacial score (nSPS) is 14.7. The molecule has 1 aliphatic rings. The molecule has 7 nitrogen and oxygen atoms in total. The molecule has 0 aromatic heterocycles. The van der Waals surface area contributed by atoms with Crippen LogP contribution in [0.2, 0.25) is 0 Å². The molecule has 0 aliphatic carbocycles. The molecule has 2 aromatic rings. The molecule has 29 heavy (non-hydrogen) atoms. The van der Waals surface area contributed by atoms with E-state index in [0.717, 1.165) is 5.56 Å². The van der Waals surface area contributed by atoms with Gasteiger partial charge in [0, 0.05) is 30.1 Å². The highest BCUT2D eigenvalue weighted by Gasteiger charge is 2.28. The number of hydrogen-bond donors (Lipinski definition) is 2. The number of aryl methyl sites for hydroxylation is 1. The summed E-state index contributed by atoms with van der Waals surface area (Å²) in [7, 11) is 0. The van der Waals surface area contributed by atoms with Crippen molar-refractivity contribution in [3.63, 3.8) is 0 Å². The van der Waals surface area contributed by atoms with Crippen LogP contribution >= 0.6 is 0 Å². The molecule has 0 bridgehead atoms. The number of carbonyl (C=O) groups is 3. The van der Waals surface area contributed by atoms with Gasteiger partial charge in [0.1, 0.15) is 0 Å². The molecule has 1 heterocycles. The van der Waals surface area contributed by atoms with Crippen molar-refractivity contribution in [2.24, 2.45) is 11.0 Å². The number of aromatic carboxylic acids is 1. The van der Waals surface area contributed by atoms with Gasteiger partial charge in [0.2, 0.25) is 5.91 Å². The van der Waals surface area contributed by atoms with Gasteiger partial charge in [-0.15, -0.1) is 0 Å². The van der Waals surface area contributed by atoms with Crippen molar-refractivity contribution >= 4 is 24.0 Å². The van der Waals surface area contributed by atoms with E-state index in [0.29, 0.717) is 37.1 Å². The number of benzene rings is 2. The summed E-state index contributed by atoms with van der Waals surface area (Å²) in [6, 6.07) is 13.9. The van der Waals surface area contributed by atoms with Gasteiger partial charge in [0.25, 0.3) is 5.91 Å². The van der Waals surface area contributed by atoms with Crippen LogP contribution in [-0.4, -0.2) is 47.1 Å². The Morgan fingerprint density at radius 2 is 1.66 bits per heavy atom. The van der Waals surface area contributed by atoms with Crippen LogP contribution in [-0.2, 0) is 4.79 Å². The fourth-order valence-corrected chi connectivity index (χ4v) is 3.39. The Bertz CT molecular complexity index is 947. The second-order valence-corrected chi connectivity index (χ2v) is 7.01. The number of carbonyl (C=O) groups excluding carboxylic acids is 2. The Morgan fingerprint density at radius 1 is 1.03 bits per heavy atom. The predicted molar refractivity (Wildman–Crippen MR) is 109 cm³/mol. The van der Waals surface area contributed by atoms with Gasteiger partial charge in [-0.1, -0.05) is 36.4 Å². The van der Waals surface area contributed by atoms with Crippen LogP contribution in [0.3, 0.4) is 0 Å². The minimum atomic E-state index is -1.05. The maximum Gasteiger partial charge on any atom is 0.336 e. The van der Waals surface area contributed by atoms with Crippen LogP contribution in [0.25, 0.3) is 0 Å². The number of hydrazone groups is 1. The van der Waals surface area contributed by atoms with Gasteiger partial charge in [-0.05, 0) is 37.5 Å². The summed E-state index contributed by atoms with van der Waals surface area (Å²) in [5.74, 6) is -1.52. The molecule has 1 aliphatic heterocycles. The second kappa shape index (κ2) is 9.14. The summed E-state index contributed by atoms with van der Waals surface area (Å²) in [6.07, 6.45) is 2.45. The Morgan fingerprint density at radius 3 is 2.31 bits per heavy atom. The molecular weight excluding hydrogens is 370 g/mol. The Balaban J connectivity index is 1.54. The lowest BCUT2D eigenvalue weighted by Crippen LogP contribution is -2.42. The molecule has 3 rings (SSSR count). The first-order valence-electron chi connectivity index (χ1n) is 9.47. The van der Waals surface area contributed by atoms with Crippen molar-refractivity contribution in [1.29, 1.82) is 0 Å². The highest BCUT2D eigenvalue weighted by Crippen LogP contribution is 2.20. The number of nitrogens with zero attached hydrogens (tertiary/aromatic N) is 2. The molecule has 2 aromatic carbocycles. The van der Waals surface area contributed by atoms with Gasteiger partial charge in [0.05, 0.1) is 11.8 Å². The largest absolute Gasteiger partial charge is 0.478 e. The minimum Gasteiger partial charge on any atom is -0.478 e. The van der Waals surface area contributed by atoms with Crippen LogP contribution in [0.4, 0.5) is 0 Å². The van der Waals surface area contributed by atoms with Crippen LogP contribution < -0.4 is 5.43 Å². The maximum absolute atomic E-state index is 12.7. The van der Waals surface area contributed by atoms with Crippen molar-refractivity contribution in [2.45, 2.75) is 19.8 Å². The SMILES string of the molecule is Cc1ccccc1C(=O)N1CCC(C(=O)N/N=C\c2ccccc2C(=O)O)CC1. The third kappa shape index (κ3) is 4.87. The molecule has 0 spiro atoms. The first-order valence-corrected chi connectivity index (χ1v) is 9.47. The van der Waals surface area contributed by atoms with Crippen LogP contribution in [0.15, 0.2) is 53.6 Å². The third-order valence-corrected chi connectivity index (χ3v) is 5.10. The van der Waals surface area contributed by atoms with E-state index in [-0.39, 0.29) is 23.3 Å². The Labute approximate surface area is 169 Å². The van der Waals surface area contributed by atoms with Gasteiger partial charge in [0.15, 0.2) is 0 Å². The number of amides is 2. The molecule has 1 saturated heterocycles. The number of rotatable bonds is 5. The van der Waals surface area contributed by atoms with E-state index in [2.05, 4.69) is 10.5 Å². The van der Waals surface area contributed by atoms with Crippen LogP contribution in [0.1, 0.15) is 44.7 Å². The van der Waals surface area contributed by atoms with E-state index >= 15 is 0 Å². The number of hydrogen-bond acceptors (Lipinski definition) is 4. The number of likely N-dealkylation sites (tertiary alicyclic amines) is 1. The van der Waals surface area contributed by atoms with Gasteiger partial charge in [-0.3, -0.25) is 9.59 Å². The van der Waals surface area contributed by atoms with Gasteiger partial charge >= 0.3 is 5.97 Å². The van der Waals surface area contributed by atoms with E-state index in [1.54, 1.807) is 23.1 Å². The topological polar surface area (TPSA) is 99.1 Å². The number of nitrogens with one attached hydrogen (secondary N) is 1. The zero-order chi connectivity index (χ0) is 20.8. The van der Waals surface area contributed by atoms with E-state index in [4.69, 9.17) is 5.11 Å². The standard InChI is InChI=1S/C22H23N3O4/c1-15-6-2-4-8-18(15)21(27)25-12-10-16(11-13-25)20(26)24-23-14-17-7-3-5-9-19(17)22(28)29/h2-9,14,16H,10-13H2,1H3,(H,24,26)(H,28,29)/b23-14-. The molecule has 0 unspecified atom stereocenters. The number of carboxylic acid groups (broad SMARTS) is 1. The summed E-state index contributed by atoms with van der Waals surface area (Å²) in [5.41, 5.74) is 4.65. The molecule has 2 amide bonds. The fourth-order valence-electron chi connectivity index (χ4n) is 3.39. The zero-order valence-corrected chi connectivity index (χ0v) is 16.2. The van der Waals surface area contributed by atoms with E-state index < -0.39 is 5.97 Å². The highest BCUT2D eigenvalue weighted by atomic mass is 16.4. The number of piperidine rings is 1. The van der Waals surface area contributed by atoms with E-state index in [9.17, 15) is 14.4 Å². The van der Waals surface area contributed by atoms with Crippen molar-refractivity contribution in [3.8, 4) is 0 Å². The first kappa shape index (κ1) is 20.3. The Hall–Kier alpha value is -3.48. The third-order valence-electron chi connectivity index (χ3n) is 5.10. The lowest BCUT2D eigenvalue weighted by molar-refractivity contribution is -0.126. The monoisotopic (exact) mass is 393 g/mol. The molecule has 150 valence electrons. The van der Waals surface area contributed by atoms with Crippen molar-refractivity contribution in [3.05, 3.63) is 70.8 Å². The molecule has 1 fully saturated rings. The van der Waals surface area contributed by atoms with Crippen LogP contribution in [0, 0.1) is 12.8 Å². The lowest BCUT2D eigenvalue weighted by atomic mass is 9.95. The van der Waals surface area contributed by atoms with E-state index in [1.807, 2.05) is 31.2 Å². The fraction of sp³-hybridized carbons (Fsp3) is 0.273. The second-order valence-electron chi connectivity index (χ2n) is 7.01. The number of carboxylic acids is 1. The molecule has 7 heteroatoms. The smallest absolute Gasteiger partial charge is 0.336 e. The molecule has 0 atom stereocenters. The summed E-state index contributed by atoms with van der Waals surface area (Å²) in [6.45, 7) is 2.93. The highest BCUT2D eigenvalue weighted by molar-refractivity contribution is 5.98. The zero-order valence-electron chi connectivity index (χ0n) is 16.2. The Kier molecular flexibility index (Phi) is 6.39. The first-order chi connectivity index (χ1) is 14.0. The van der Waals surface area contributed by atoms with Gasteiger partial charge in [-0.2, -0.15) is 5.10 Å². The summed E-state index contributed by atoms with van der Waals surface area (Å²) >= 11 is 0. The predicted octanol–water partition coefficient (Wildman–Crippen LogP) is 2.70. The summed E-state index contributed by atoms with van der Waals surface area (Å²) in [5, 5.41) is 13.1. The van der Waals surface area contributed by atoms with Crippen molar-refractivity contribution < 1.29 is 19.5 Å². The maximum atomic E-state index is 12.7. The van der Waals surface area contributed by atoms with Crippen LogP contribution in [0.5, 0.6) is 0 Å². The van der Waals surface area contributed by atoms with Crippen molar-refractivity contribution in [1.82, 2.24) is 10.3 Å². The average Bonchev–Trinajstić information content (AvgIpc) is 2.74. The summed E-state index contributed by atoms with van der Waals surface area (Å²) < 4.78 is 0. The average molecular weight is 393 g/mol. The quantitative estimate of drug-likeness (QED) is 0.603. The summed E-state index contributed by atoms with van der Waals surface area (Å²) in [4.78, 5) is 38.0.